The molecule has 2 heterocycles. The SMILES string of the molecule is Cc1cc(N2CCCC2)c2cc(Br)c(C(=O)O)cc2n1. The van der Waals surface area contributed by atoms with Gasteiger partial charge in [0, 0.05) is 34.3 Å². The second-order valence-electron chi connectivity index (χ2n) is 5.13. The molecule has 0 radical (unpaired) electrons. The van der Waals surface area contributed by atoms with Crippen LogP contribution in [0, 0.1) is 6.92 Å². The van der Waals surface area contributed by atoms with Crippen molar-refractivity contribution in [3.05, 3.63) is 33.9 Å². The van der Waals surface area contributed by atoms with Crippen molar-refractivity contribution in [3.8, 4) is 0 Å². The number of aromatic nitrogens is 1. The van der Waals surface area contributed by atoms with Gasteiger partial charge in [0.15, 0.2) is 0 Å². The van der Waals surface area contributed by atoms with Crippen LogP contribution in [0.25, 0.3) is 10.9 Å². The molecule has 1 fully saturated rings. The van der Waals surface area contributed by atoms with E-state index in [2.05, 4.69) is 31.9 Å². The fraction of sp³-hybridized carbons (Fsp3) is 0.333. The van der Waals surface area contributed by atoms with Crippen LogP contribution in [0.4, 0.5) is 5.69 Å². The lowest BCUT2D eigenvalue weighted by atomic mass is 10.1. The van der Waals surface area contributed by atoms with Crippen LogP contribution in [0.2, 0.25) is 0 Å². The number of anilines is 1. The Labute approximate surface area is 125 Å². The van der Waals surface area contributed by atoms with Crippen LogP contribution < -0.4 is 4.90 Å². The normalized spacial score (nSPS) is 15.0. The molecule has 0 spiro atoms. The number of halogens is 1. The number of pyridine rings is 1. The van der Waals surface area contributed by atoms with E-state index in [1.807, 2.05) is 13.0 Å². The lowest BCUT2D eigenvalue weighted by Crippen LogP contribution is -2.18. The Balaban J connectivity index is 2.25. The Morgan fingerprint density at radius 2 is 2.00 bits per heavy atom. The fourth-order valence-electron chi connectivity index (χ4n) is 2.74. The monoisotopic (exact) mass is 334 g/mol. The van der Waals surface area contributed by atoms with Gasteiger partial charge in [-0.05, 0) is 53.9 Å². The summed E-state index contributed by atoms with van der Waals surface area (Å²) in [5.41, 5.74) is 3.07. The number of rotatable bonds is 2. The maximum absolute atomic E-state index is 11.2. The Morgan fingerprint density at radius 1 is 1.30 bits per heavy atom. The Bertz CT molecular complexity index is 694. The maximum Gasteiger partial charge on any atom is 0.336 e. The van der Waals surface area contributed by atoms with Gasteiger partial charge in [0.25, 0.3) is 0 Å². The summed E-state index contributed by atoms with van der Waals surface area (Å²) in [6.45, 7) is 4.05. The molecule has 0 bridgehead atoms. The molecule has 1 aromatic carbocycles. The van der Waals surface area contributed by atoms with E-state index in [0.717, 1.165) is 35.4 Å². The van der Waals surface area contributed by atoms with Crippen LogP contribution in [0.15, 0.2) is 22.7 Å². The lowest BCUT2D eigenvalue weighted by Gasteiger charge is -2.20. The molecule has 0 atom stereocenters. The van der Waals surface area contributed by atoms with Gasteiger partial charge in [0.05, 0.1) is 11.1 Å². The average molecular weight is 335 g/mol. The van der Waals surface area contributed by atoms with E-state index in [-0.39, 0.29) is 5.56 Å². The molecule has 20 heavy (non-hydrogen) atoms. The van der Waals surface area contributed by atoms with Crippen molar-refractivity contribution in [1.29, 1.82) is 0 Å². The van der Waals surface area contributed by atoms with E-state index in [1.165, 1.54) is 12.8 Å². The summed E-state index contributed by atoms with van der Waals surface area (Å²) in [6, 6.07) is 5.60. The molecule has 1 aliphatic rings. The first-order chi connectivity index (χ1) is 9.56. The first-order valence-corrected chi connectivity index (χ1v) is 7.45. The minimum atomic E-state index is -0.940. The highest BCUT2D eigenvalue weighted by molar-refractivity contribution is 9.10. The molecule has 1 saturated heterocycles. The molecule has 1 aromatic heterocycles. The number of nitrogens with zero attached hydrogens (tertiary/aromatic N) is 2. The smallest absolute Gasteiger partial charge is 0.336 e. The Hall–Kier alpha value is -1.62. The van der Waals surface area contributed by atoms with Gasteiger partial charge in [-0.15, -0.1) is 0 Å². The van der Waals surface area contributed by atoms with Crippen LogP contribution in [0.5, 0.6) is 0 Å². The summed E-state index contributed by atoms with van der Waals surface area (Å²) in [5.74, 6) is -0.940. The molecule has 0 unspecified atom stereocenters. The number of aromatic carboxylic acids is 1. The van der Waals surface area contributed by atoms with E-state index in [0.29, 0.717) is 4.47 Å². The number of carboxylic acid groups (broad SMARTS) is 1. The van der Waals surface area contributed by atoms with E-state index in [4.69, 9.17) is 0 Å². The largest absolute Gasteiger partial charge is 0.478 e. The lowest BCUT2D eigenvalue weighted by molar-refractivity contribution is 0.0696. The molecule has 0 saturated carbocycles. The van der Waals surface area contributed by atoms with Crippen LogP contribution in [0.3, 0.4) is 0 Å². The molecule has 1 aliphatic heterocycles. The number of benzene rings is 1. The van der Waals surface area contributed by atoms with Gasteiger partial charge in [-0.1, -0.05) is 0 Å². The Kier molecular flexibility index (Phi) is 3.38. The summed E-state index contributed by atoms with van der Waals surface area (Å²) >= 11 is 3.35. The van der Waals surface area contributed by atoms with E-state index >= 15 is 0 Å². The third-order valence-corrected chi connectivity index (χ3v) is 4.34. The van der Waals surface area contributed by atoms with Gasteiger partial charge < -0.3 is 10.0 Å². The van der Waals surface area contributed by atoms with Crippen LogP contribution in [-0.4, -0.2) is 29.1 Å². The average Bonchev–Trinajstić information content (AvgIpc) is 2.91. The van der Waals surface area contributed by atoms with Gasteiger partial charge in [-0.2, -0.15) is 0 Å². The Morgan fingerprint density at radius 3 is 2.65 bits per heavy atom. The number of hydrogen-bond acceptors (Lipinski definition) is 3. The summed E-state index contributed by atoms with van der Waals surface area (Å²) in [7, 11) is 0. The fourth-order valence-corrected chi connectivity index (χ4v) is 3.25. The molecule has 1 N–H and O–H groups in total. The zero-order valence-electron chi connectivity index (χ0n) is 11.2. The van der Waals surface area contributed by atoms with Crippen molar-refractivity contribution >= 4 is 38.5 Å². The summed E-state index contributed by atoms with van der Waals surface area (Å²) in [4.78, 5) is 18.1. The molecule has 0 amide bonds. The van der Waals surface area contributed by atoms with Crippen molar-refractivity contribution < 1.29 is 9.90 Å². The van der Waals surface area contributed by atoms with Gasteiger partial charge in [-0.3, -0.25) is 4.98 Å². The quantitative estimate of drug-likeness (QED) is 0.911. The maximum atomic E-state index is 11.2. The first kappa shape index (κ1) is 13.4. The summed E-state index contributed by atoms with van der Waals surface area (Å²) in [6.07, 6.45) is 2.41. The molecule has 4 nitrogen and oxygen atoms in total. The highest BCUT2D eigenvalue weighted by atomic mass is 79.9. The predicted molar refractivity (Wildman–Crippen MR) is 82.6 cm³/mol. The van der Waals surface area contributed by atoms with Crippen molar-refractivity contribution in [2.75, 3.05) is 18.0 Å². The number of hydrogen-bond donors (Lipinski definition) is 1. The van der Waals surface area contributed by atoms with E-state index in [1.54, 1.807) is 6.07 Å². The number of carboxylic acids is 1. The molecular formula is C15H15BrN2O2. The number of aryl methyl sites for hydroxylation is 1. The molecule has 3 rings (SSSR count). The highest BCUT2D eigenvalue weighted by Crippen LogP contribution is 2.33. The summed E-state index contributed by atoms with van der Waals surface area (Å²) in [5, 5.41) is 10.2. The van der Waals surface area contributed by atoms with Gasteiger partial charge in [0.2, 0.25) is 0 Å². The minimum absolute atomic E-state index is 0.253. The topological polar surface area (TPSA) is 53.4 Å². The highest BCUT2D eigenvalue weighted by Gasteiger charge is 2.18. The molecule has 2 aromatic rings. The summed E-state index contributed by atoms with van der Waals surface area (Å²) < 4.78 is 0.601. The van der Waals surface area contributed by atoms with E-state index in [9.17, 15) is 9.90 Å². The second kappa shape index (κ2) is 5.05. The standard InChI is InChI=1S/C15H15BrN2O2/c1-9-6-14(18-4-2-3-5-18)11-7-12(16)10(15(19)20)8-13(11)17-9/h6-8H,2-5H2,1H3,(H,19,20). The van der Waals surface area contributed by atoms with Gasteiger partial charge >= 0.3 is 5.97 Å². The molecule has 5 heteroatoms. The third kappa shape index (κ3) is 2.26. The minimum Gasteiger partial charge on any atom is -0.478 e. The first-order valence-electron chi connectivity index (χ1n) is 6.65. The van der Waals surface area contributed by atoms with Crippen LogP contribution in [0.1, 0.15) is 28.9 Å². The van der Waals surface area contributed by atoms with Crippen molar-refractivity contribution in [1.82, 2.24) is 4.98 Å². The van der Waals surface area contributed by atoms with Crippen molar-refractivity contribution in [2.45, 2.75) is 19.8 Å². The number of fused-ring (bicyclic) bond motifs is 1. The molecule has 0 aliphatic carbocycles. The molecule has 104 valence electrons. The zero-order valence-corrected chi connectivity index (χ0v) is 12.8. The third-order valence-electron chi connectivity index (χ3n) is 3.68. The zero-order chi connectivity index (χ0) is 14.3. The molecular weight excluding hydrogens is 320 g/mol. The van der Waals surface area contributed by atoms with Crippen molar-refractivity contribution in [2.24, 2.45) is 0 Å². The number of carbonyl (C=O) groups is 1. The van der Waals surface area contributed by atoms with Crippen molar-refractivity contribution in [3.63, 3.8) is 0 Å². The van der Waals surface area contributed by atoms with Gasteiger partial charge in [0.1, 0.15) is 0 Å². The van der Waals surface area contributed by atoms with E-state index < -0.39 is 5.97 Å². The van der Waals surface area contributed by atoms with Crippen LogP contribution in [-0.2, 0) is 0 Å². The van der Waals surface area contributed by atoms with Gasteiger partial charge in [-0.25, -0.2) is 4.79 Å². The second-order valence-corrected chi connectivity index (χ2v) is 5.99. The predicted octanol–water partition coefficient (Wildman–Crippen LogP) is 3.60. The van der Waals surface area contributed by atoms with Crippen LogP contribution >= 0.6 is 15.9 Å².